The minimum atomic E-state index is -0.685. The second kappa shape index (κ2) is 22.2. The molecule has 0 rings (SSSR count). The molecule has 0 fully saturated rings. The van der Waals surface area contributed by atoms with Crippen molar-refractivity contribution in [3.05, 3.63) is 0 Å². The first-order valence-electron chi connectivity index (χ1n) is 10.7. The van der Waals surface area contributed by atoms with Crippen LogP contribution in [0.3, 0.4) is 0 Å². The summed E-state index contributed by atoms with van der Waals surface area (Å²) in [7, 11) is 3.54. The molecule has 0 spiro atoms. The quantitative estimate of drug-likeness (QED) is 0.159. The van der Waals surface area contributed by atoms with Crippen molar-refractivity contribution in [2.45, 2.75) is 116 Å². The number of carbonyl (C=O) groups is 1. The van der Waals surface area contributed by atoms with Crippen molar-refractivity contribution in [3.8, 4) is 0 Å². The Morgan fingerprint density at radius 2 is 0.960 bits per heavy atom. The normalized spacial score (nSPS) is 11.1. The van der Waals surface area contributed by atoms with Gasteiger partial charge in [-0.05, 0) is 6.42 Å². The zero-order valence-corrected chi connectivity index (χ0v) is 18.2. The van der Waals surface area contributed by atoms with Crippen LogP contribution in [0, 0.1) is 0 Å². The van der Waals surface area contributed by atoms with Crippen molar-refractivity contribution in [1.82, 2.24) is 0 Å². The van der Waals surface area contributed by atoms with E-state index < -0.39 is 5.97 Å². The van der Waals surface area contributed by atoms with Crippen LogP contribution in [0.15, 0.2) is 0 Å². The SMILES string of the molecule is CCCCCCCCCCCCCCCCCCSSCCC(=O)O. The monoisotopic (exact) mass is 390 g/mol. The van der Waals surface area contributed by atoms with Crippen LogP contribution in [0.4, 0.5) is 0 Å². The number of carboxylic acid groups (broad SMARTS) is 1. The average Bonchev–Trinajstić information content (AvgIpc) is 2.60. The molecular weight excluding hydrogens is 348 g/mol. The smallest absolute Gasteiger partial charge is 0.304 e. The highest BCUT2D eigenvalue weighted by atomic mass is 33.1. The van der Waals surface area contributed by atoms with Crippen LogP contribution in [-0.2, 0) is 4.79 Å². The summed E-state index contributed by atoms with van der Waals surface area (Å²) in [6, 6.07) is 0. The molecule has 4 heteroatoms. The highest BCUT2D eigenvalue weighted by Gasteiger charge is 1.98. The van der Waals surface area contributed by atoms with Gasteiger partial charge >= 0.3 is 5.97 Å². The fourth-order valence-corrected chi connectivity index (χ4v) is 5.08. The molecule has 0 aliphatic carbocycles. The van der Waals surface area contributed by atoms with E-state index in [1.54, 1.807) is 10.8 Å². The highest BCUT2D eigenvalue weighted by molar-refractivity contribution is 8.76. The first kappa shape index (κ1) is 25.2. The largest absolute Gasteiger partial charge is 0.481 e. The lowest BCUT2D eigenvalue weighted by Crippen LogP contribution is -1.94. The molecule has 0 saturated heterocycles. The maximum atomic E-state index is 10.4. The number of aliphatic carboxylic acids is 1. The molecule has 0 heterocycles. The second-order valence-electron chi connectivity index (χ2n) is 7.09. The molecule has 0 unspecified atom stereocenters. The van der Waals surface area contributed by atoms with E-state index in [0.717, 1.165) is 5.75 Å². The molecule has 0 aromatic rings. The van der Waals surface area contributed by atoms with E-state index in [1.807, 2.05) is 10.8 Å². The van der Waals surface area contributed by atoms with Gasteiger partial charge in [0.2, 0.25) is 0 Å². The van der Waals surface area contributed by atoms with E-state index >= 15 is 0 Å². The maximum Gasteiger partial charge on any atom is 0.304 e. The van der Waals surface area contributed by atoms with E-state index in [0.29, 0.717) is 0 Å². The molecule has 0 radical (unpaired) electrons. The molecule has 0 aromatic carbocycles. The summed E-state index contributed by atoms with van der Waals surface area (Å²) >= 11 is 0. The van der Waals surface area contributed by atoms with Gasteiger partial charge in [-0.2, -0.15) is 0 Å². The molecule has 2 nitrogen and oxygen atoms in total. The van der Waals surface area contributed by atoms with Gasteiger partial charge in [0.25, 0.3) is 0 Å². The number of rotatable bonds is 21. The maximum absolute atomic E-state index is 10.4. The summed E-state index contributed by atoms with van der Waals surface area (Å²) in [5, 5.41) is 8.54. The summed E-state index contributed by atoms with van der Waals surface area (Å²) in [4.78, 5) is 10.4. The predicted molar refractivity (Wildman–Crippen MR) is 117 cm³/mol. The van der Waals surface area contributed by atoms with Gasteiger partial charge in [-0.3, -0.25) is 4.79 Å². The van der Waals surface area contributed by atoms with E-state index in [1.165, 1.54) is 108 Å². The minimum absolute atomic E-state index is 0.288. The van der Waals surface area contributed by atoms with E-state index in [2.05, 4.69) is 6.92 Å². The number of hydrogen-bond donors (Lipinski definition) is 1. The van der Waals surface area contributed by atoms with Crippen LogP contribution in [0.5, 0.6) is 0 Å². The third kappa shape index (κ3) is 24.2. The Labute approximate surface area is 165 Å². The Morgan fingerprint density at radius 3 is 1.36 bits per heavy atom. The summed E-state index contributed by atoms with van der Waals surface area (Å²) in [5.74, 6) is 1.22. The Balaban J connectivity index is 2.97. The lowest BCUT2D eigenvalue weighted by Gasteiger charge is -2.03. The standard InChI is InChI=1S/C21H42O2S2/c1-2-3-4-5-6-7-8-9-10-11-12-13-14-15-16-17-19-24-25-20-18-21(22)23/h2-20H2,1H3,(H,22,23). The first-order valence-corrected chi connectivity index (χ1v) is 13.2. The van der Waals surface area contributed by atoms with E-state index in [4.69, 9.17) is 5.11 Å². The van der Waals surface area contributed by atoms with Gasteiger partial charge in [0.15, 0.2) is 0 Å². The molecule has 0 amide bonds. The molecule has 0 aliphatic heterocycles. The first-order chi connectivity index (χ1) is 12.3. The van der Waals surface area contributed by atoms with Crippen molar-refractivity contribution >= 4 is 27.6 Å². The number of hydrogen-bond acceptors (Lipinski definition) is 3. The molecule has 0 saturated carbocycles. The zero-order chi connectivity index (χ0) is 18.4. The lowest BCUT2D eigenvalue weighted by atomic mass is 10.0. The molecule has 1 N–H and O–H groups in total. The Morgan fingerprint density at radius 1 is 0.600 bits per heavy atom. The Kier molecular flexibility index (Phi) is 22.4. The number of carboxylic acids is 1. The van der Waals surface area contributed by atoms with Gasteiger partial charge < -0.3 is 5.11 Å². The summed E-state index contributed by atoms with van der Waals surface area (Å²) in [6.07, 6.45) is 22.9. The minimum Gasteiger partial charge on any atom is -0.481 e. The number of unbranched alkanes of at least 4 members (excludes halogenated alkanes) is 15. The molecular formula is C21H42O2S2. The van der Waals surface area contributed by atoms with Crippen molar-refractivity contribution in [3.63, 3.8) is 0 Å². The van der Waals surface area contributed by atoms with Gasteiger partial charge in [-0.25, -0.2) is 0 Å². The van der Waals surface area contributed by atoms with Crippen LogP contribution in [0.2, 0.25) is 0 Å². The Bertz CT molecular complexity index is 273. The second-order valence-corrected chi connectivity index (χ2v) is 9.79. The average molecular weight is 391 g/mol. The van der Waals surface area contributed by atoms with Crippen LogP contribution >= 0.6 is 21.6 Å². The van der Waals surface area contributed by atoms with Crippen molar-refractivity contribution in [2.75, 3.05) is 11.5 Å². The van der Waals surface area contributed by atoms with Crippen LogP contribution in [0.1, 0.15) is 116 Å². The molecule has 150 valence electrons. The van der Waals surface area contributed by atoms with Crippen molar-refractivity contribution < 1.29 is 9.90 Å². The van der Waals surface area contributed by atoms with Crippen LogP contribution in [0.25, 0.3) is 0 Å². The van der Waals surface area contributed by atoms with Gasteiger partial charge in [-0.15, -0.1) is 0 Å². The molecule has 0 atom stereocenters. The van der Waals surface area contributed by atoms with Gasteiger partial charge in [0.05, 0.1) is 6.42 Å². The fourth-order valence-electron chi connectivity index (χ4n) is 2.96. The predicted octanol–water partition coefficient (Wildman–Crippen LogP) is 8.10. The van der Waals surface area contributed by atoms with Crippen LogP contribution < -0.4 is 0 Å². The molecule has 0 aromatic heterocycles. The summed E-state index contributed by atoms with van der Waals surface area (Å²) in [6.45, 7) is 2.28. The van der Waals surface area contributed by atoms with E-state index in [-0.39, 0.29) is 6.42 Å². The zero-order valence-electron chi connectivity index (χ0n) is 16.6. The fraction of sp³-hybridized carbons (Fsp3) is 0.952. The topological polar surface area (TPSA) is 37.3 Å². The van der Waals surface area contributed by atoms with Gasteiger partial charge in [-0.1, -0.05) is 125 Å². The molecule has 0 bridgehead atoms. The van der Waals surface area contributed by atoms with Gasteiger partial charge in [0, 0.05) is 11.5 Å². The summed E-state index contributed by atoms with van der Waals surface area (Å²) < 4.78 is 0. The third-order valence-electron chi connectivity index (χ3n) is 4.56. The van der Waals surface area contributed by atoms with Crippen molar-refractivity contribution in [2.24, 2.45) is 0 Å². The molecule has 25 heavy (non-hydrogen) atoms. The Hall–Kier alpha value is 0.170. The highest BCUT2D eigenvalue weighted by Crippen LogP contribution is 2.23. The lowest BCUT2D eigenvalue weighted by molar-refractivity contribution is -0.136. The summed E-state index contributed by atoms with van der Waals surface area (Å²) in [5.41, 5.74) is 0. The van der Waals surface area contributed by atoms with Gasteiger partial charge in [0.1, 0.15) is 0 Å². The van der Waals surface area contributed by atoms with Crippen molar-refractivity contribution in [1.29, 1.82) is 0 Å². The molecule has 0 aliphatic rings. The third-order valence-corrected chi connectivity index (χ3v) is 7.06. The van der Waals surface area contributed by atoms with E-state index in [9.17, 15) is 4.79 Å². The van der Waals surface area contributed by atoms with Crippen LogP contribution in [-0.4, -0.2) is 22.6 Å².